The molecule has 2 aliphatic carbocycles. The van der Waals surface area contributed by atoms with Crippen LogP contribution in [0.2, 0.25) is 0 Å². The average molecular weight is 256 g/mol. The molecule has 100 valence electrons. The number of amidine groups is 1. The van der Waals surface area contributed by atoms with Crippen molar-refractivity contribution >= 4 is 6.02 Å². The van der Waals surface area contributed by atoms with Gasteiger partial charge in [0.1, 0.15) is 6.61 Å². The second-order valence-corrected chi connectivity index (χ2v) is 5.98. The molecule has 4 atom stereocenters. The standard InChI is InChI=1S/C16H20N2O/c1-2-4-11(5-3-1)14-12-6-7-13(10-12)15(14)18-16-17-8-9-19-16/h1-5,12-15H,6-10H2,(H,17,18)/t12?,13?,14-,15-/m0/s1. The quantitative estimate of drug-likeness (QED) is 0.882. The molecule has 1 heterocycles. The summed E-state index contributed by atoms with van der Waals surface area (Å²) in [5.74, 6) is 2.26. The van der Waals surface area contributed by atoms with Gasteiger partial charge in [0.15, 0.2) is 0 Å². The highest BCUT2D eigenvalue weighted by Gasteiger charge is 2.48. The lowest BCUT2D eigenvalue weighted by molar-refractivity contribution is 0.290. The Hall–Kier alpha value is -1.51. The number of hydrogen-bond donors (Lipinski definition) is 1. The number of aliphatic imine (C=N–C) groups is 1. The SMILES string of the molecule is c1ccc([C@H]2C3CCC(C3)[C@@H]2NC2=NCCO2)cc1. The third kappa shape index (κ3) is 1.92. The minimum Gasteiger partial charge on any atom is -0.463 e. The number of benzene rings is 1. The molecule has 1 aromatic carbocycles. The van der Waals surface area contributed by atoms with E-state index in [1.54, 1.807) is 0 Å². The van der Waals surface area contributed by atoms with E-state index in [0.29, 0.717) is 12.0 Å². The Morgan fingerprint density at radius 1 is 1.11 bits per heavy atom. The third-order valence-corrected chi connectivity index (χ3v) is 4.98. The molecule has 0 radical (unpaired) electrons. The van der Waals surface area contributed by atoms with Crippen molar-refractivity contribution in [1.29, 1.82) is 0 Å². The van der Waals surface area contributed by atoms with Gasteiger partial charge in [-0.25, -0.2) is 4.99 Å². The van der Waals surface area contributed by atoms with Gasteiger partial charge in [-0.2, -0.15) is 0 Å². The van der Waals surface area contributed by atoms with Gasteiger partial charge in [-0.3, -0.25) is 0 Å². The van der Waals surface area contributed by atoms with Crippen LogP contribution in [-0.4, -0.2) is 25.2 Å². The van der Waals surface area contributed by atoms with E-state index in [2.05, 4.69) is 40.6 Å². The van der Waals surface area contributed by atoms with Crippen LogP contribution in [0.3, 0.4) is 0 Å². The maximum atomic E-state index is 5.55. The third-order valence-electron chi connectivity index (χ3n) is 4.98. The number of ether oxygens (including phenoxy) is 1. The Morgan fingerprint density at radius 2 is 1.95 bits per heavy atom. The van der Waals surface area contributed by atoms with E-state index >= 15 is 0 Å². The largest absolute Gasteiger partial charge is 0.463 e. The minimum absolute atomic E-state index is 0.512. The first-order valence-electron chi connectivity index (χ1n) is 7.40. The van der Waals surface area contributed by atoms with Gasteiger partial charge in [0.05, 0.1) is 6.54 Å². The van der Waals surface area contributed by atoms with Gasteiger partial charge >= 0.3 is 0 Å². The van der Waals surface area contributed by atoms with Crippen molar-refractivity contribution in [3.63, 3.8) is 0 Å². The lowest BCUT2D eigenvalue weighted by Gasteiger charge is -2.32. The first-order valence-corrected chi connectivity index (χ1v) is 7.40. The Balaban J connectivity index is 1.60. The zero-order valence-corrected chi connectivity index (χ0v) is 11.1. The highest BCUT2D eigenvalue weighted by Crippen LogP contribution is 2.52. The van der Waals surface area contributed by atoms with Crippen LogP contribution >= 0.6 is 0 Å². The van der Waals surface area contributed by atoms with E-state index in [1.807, 2.05) is 0 Å². The predicted molar refractivity (Wildman–Crippen MR) is 75.2 cm³/mol. The summed E-state index contributed by atoms with van der Waals surface area (Å²) in [6, 6.07) is 12.2. The average Bonchev–Trinajstić information content (AvgIpc) is 3.16. The van der Waals surface area contributed by atoms with Gasteiger partial charge in [-0.1, -0.05) is 30.3 Å². The molecule has 2 saturated carbocycles. The molecule has 1 aromatic rings. The topological polar surface area (TPSA) is 33.6 Å². The molecular weight excluding hydrogens is 236 g/mol. The highest BCUT2D eigenvalue weighted by molar-refractivity contribution is 5.75. The highest BCUT2D eigenvalue weighted by atomic mass is 16.5. The summed E-state index contributed by atoms with van der Waals surface area (Å²) in [5, 5.41) is 3.59. The fourth-order valence-electron chi connectivity index (χ4n) is 4.22. The van der Waals surface area contributed by atoms with Crippen LogP contribution in [0.25, 0.3) is 0 Å². The van der Waals surface area contributed by atoms with E-state index in [9.17, 15) is 0 Å². The second kappa shape index (κ2) is 4.55. The maximum Gasteiger partial charge on any atom is 0.285 e. The zero-order valence-electron chi connectivity index (χ0n) is 11.1. The van der Waals surface area contributed by atoms with E-state index < -0.39 is 0 Å². The number of fused-ring (bicyclic) bond motifs is 2. The van der Waals surface area contributed by atoms with Crippen molar-refractivity contribution in [2.24, 2.45) is 16.8 Å². The first-order chi connectivity index (χ1) is 9.42. The van der Waals surface area contributed by atoms with Crippen molar-refractivity contribution < 1.29 is 4.74 Å². The lowest BCUT2D eigenvalue weighted by atomic mass is 9.80. The fourth-order valence-corrected chi connectivity index (χ4v) is 4.22. The molecule has 2 fully saturated rings. The summed E-state index contributed by atoms with van der Waals surface area (Å²) in [6.45, 7) is 1.54. The summed E-state index contributed by atoms with van der Waals surface area (Å²) >= 11 is 0. The van der Waals surface area contributed by atoms with Crippen LogP contribution in [-0.2, 0) is 4.74 Å². The molecule has 0 saturated heterocycles. The van der Waals surface area contributed by atoms with Gasteiger partial charge in [-0.05, 0) is 36.7 Å². The zero-order chi connectivity index (χ0) is 12.7. The van der Waals surface area contributed by atoms with Crippen molar-refractivity contribution in [2.75, 3.05) is 13.2 Å². The van der Waals surface area contributed by atoms with Gasteiger partial charge < -0.3 is 10.1 Å². The van der Waals surface area contributed by atoms with E-state index in [0.717, 1.165) is 31.0 Å². The first kappa shape index (κ1) is 11.3. The Labute approximate surface area is 114 Å². The number of rotatable bonds is 2. The van der Waals surface area contributed by atoms with Crippen LogP contribution in [0, 0.1) is 11.8 Å². The summed E-state index contributed by atoms with van der Waals surface area (Å²) < 4.78 is 5.55. The summed E-state index contributed by atoms with van der Waals surface area (Å²) in [7, 11) is 0. The monoisotopic (exact) mass is 256 g/mol. The maximum absolute atomic E-state index is 5.55. The molecule has 0 spiro atoms. The summed E-state index contributed by atoms with van der Waals surface area (Å²) in [5.41, 5.74) is 1.48. The normalized spacial score (nSPS) is 36.1. The van der Waals surface area contributed by atoms with Gasteiger partial charge in [0, 0.05) is 12.0 Å². The molecule has 0 amide bonds. The summed E-state index contributed by atoms with van der Waals surface area (Å²) in [6.07, 6.45) is 4.11. The van der Waals surface area contributed by atoms with Gasteiger partial charge in [0.25, 0.3) is 6.02 Å². The molecule has 3 aliphatic rings. The Morgan fingerprint density at radius 3 is 2.74 bits per heavy atom. The molecule has 2 unspecified atom stereocenters. The van der Waals surface area contributed by atoms with Crippen LogP contribution in [0.4, 0.5) is 0 Å². The van der Waals surface area contributed by atoms with E-state index in [4.69, 9.17) is 4.74 Å². The Bertz CT molecular complexity index is 485. The molecule has 0 aromatic heterocycles. The fraction of sp³-hybridized carbons (Fsp3) is 0.562. The van der Waals surface area contributed by atoms with Crippen molar-refractivity contribution in [3.05, 3.63) is 35.9 Å². The molecule has 3 heteroatoms. The molecule has 1 N–H and O–H groups in total. The van der Waals surface area contributed by atoms with E-state index in [1.165, 1.54) is 24.8 Å². The Kier molecular flexibility index (Phi) is 2.71. The molecule has 19 heavy (non-hydrogen) atoms. The van der Waals surface area contributed by atoms with Crippen LogP contribution in [0.1, 0.15) is 30.7 Å². The van der Waals surface area contributed by atoms with Crippen molar-refractivity contribution in [2.45, 2.75) is 31.2 Å². The number of nitrogens with one attached hydrogen (secondary N) is 1. The summed E-state index contributed by atoms with van der Waals surface area (Å²) in [4.78, 5) is 4.39. The predicted octanol–water partition coefficient (Wildman–Crippen LogP) is 2.54. The lowest BCUT2D eigenvalue weighted by Crippen LogP contribution is -2.43. The number of nitrogens with zero attached hydrogens (tertiary/aromatic N) is 1. The van der Waals surface area contributed by atoms with Crippen molar-refractivity contribution in [1.82, 2.24) is 5.32 Å². The van der Waals surface area contributed by atoms with E-state index in [-0.39, 0.29) is 0 Å². The second-order valence-electron chi connectivity index (χ2n) is 5.98. The molecule has 1 aliphatic heterocycles. The van der Waals surface area contributed by atoms with Crippen molar-refractivity contribution in [3.8, 4) is 0 Å². The minimum atomic E-state index is 0.512. The van der Waals surface area contributed by atoms with Crippen LogP contribution in [0.5, 0.6) is 0 Å². The molecule has 4 rings (SSSR count). The molecular formula is C16H20N2O. The molecule has 2 bridgehead atoms. The van der Waals surface area contributed by atoms with Gasteiger partial charge in [-0.15, -0.1) is 0 Å². The van der Waals surface area contributed by atoms with Crippen LogP contribution < -0.4 is 5.32 Å². The number of hydrogen-bond acceptors (Lipinski definition) is 3. The molecule has 3 nitrogen and oxygen atoms in total. The smallest absolute Gasteiger partial charge is 0.285 e. The van der Waals surface area contributed by atoms with Gasteiger partial charge in [0.2, 0.25) is 0 Å². The van der Waals surface area contributed by atoms with Crippen LogP contribution in [0.15, 0.2) is 35.3 Å².